The molecular formula is C17H15N5. The Bertz CT molecular complexity index is 917. The number of nitrogen functional groups attached to an aromatic ring is 1. The van der Waals surface area contributed by atoms with Crippen LogP contribution in [-0.4, -0.2) is 19.9 Å². The Morgan fingerprint density at radius 3 is 2.50 bits per heavy atom. The van der Waals surface area contributed by atoms with Gasteiger partial charge in [0.2, 0.25) is 0 Å². The van der Waals surface area contributed by atoms with E-state index in [9.17, 15) is 0 Å². The summed E-state index contributed by atoms with van der Waals surface area (Å²) in [7, 11) is 0. The van der Waals surface area contributed by atoms with Crippen LogP contribution in [0.3, 0.4) is 0 Å². The summed E-state index contributed by atoms with van der Waals surface area (Å²) < 4.78 is 0. The molecule has 0 aliphatic heterocycles. The van der Waals surface area contributed by atoms with Gasteiger partial charge in [-0.1, -0.05) is 42.5 Å². The summed E-state index contributed by atoms with van der Waals surface area (Å²) in [4.78, 5) is 16.7. The number of H-pyrrole nitrogens is 1. The lowest BCUT2D eigenvalue weighted by Gasteiger charge is -2.05. The van der Waals surface area contributed by atoms with Crippen molar-refractivity contribution >= 4 is 16.9 Å². The number of para-hydroxylation sites is 2. The van der Waals surface area contributed by atoms with Gasteiger partial charge in [-0.05, 0) is 12.1 Å². The molecule has 0 fully saturated rings. The van der Waals surface area contributed by atoms with Crippen molar-refractivity contribution in [1.82, 2.24) is 19.9 Å². The summed E-state index contributed by atoms with van der Waals surface area (Å²) in [6.07, 6.45) is 1.68. The van der Waals surface area contributed by atoms with E-state index in [1.807, 2.05) is 54.6 Å². The van der Waals surface area contributed by atoms with Crippen molar-refractivity contribution in [3.63, 3.8) is 0 Å². The van der Waals surface area contributed by atoms with Crippen LogP contribution in [0.2, 0.25) is 0 Å². The molecule has 2 heterocycles. The standard InChI is InChI=1S/C17H13N5.H2/c18-16-15(17-21-12-8-4-5-9-13(12)22-17)20-14(10-19-16)11-6-2-1-3-7-11;/h1-10H,(H2,18,19)(H,21,22);1H. The number of benzene rings is 2. The van der Waals surface area contributed by atoms with E-state index in [1.165, 1.54) is 0 Å². The second-order valence-corrected chi connectivity index (χ2v) is 4.96. The average Bonchev–Trinajstić information content (AvgIpc) is 3.00. The van der Waals surface area contributed by atoms with Crippen molar-refractivity contribution in [2.24, 2.45) is 0 Å². The highest BCUT2D eigenvalue weighted by molar-refractivity contribution is 5.80. The van der Waals surface area contributed by atoms with Gasteiger partial charge in [0.25, 0.3) is 0 Å². The molecule has 0 spiro atoms. The average molecular weight is 289 g/mol. The lowest BCUT2D eigenvalue weighted by Crippen LogP contribution is -1.99. The second kappa shape index (κ2) is 4.96. The number of rotatable bonds is 2. The van der Waals surface area contributed by atoms with Crippen molar-refractivity contribution in [3.05, 3.63) is 60.8 Å². The number of hydrogen-bond acceptors (Lipinski definition) is 4. The predicted octanol–water partition coefficient (Wildman–Crippen LogP) is 3.52. The van der Waals surface area contributed by atoms with Crippen molar-refractivity contribution in [2.75, 3.05) is 5.73 Å². The van der Waals surface area contributed by atoms with Crippen LogP contribution in [0.4, 0.5) is 5.82 Å². The lowest BCUT2D eigenvalue weighted by atomic mass is 10.1. The number of nitrogens with one attached hydrogen (secondary N) is 1. The predicted molar refractivity (Wildman–Crippen MR) is 89.1 cm³/mol. The van der Waals surface area contributed by atoms with Gasteiger partial charge in [0.1, 0.15) is 5.69 Å². The van der Waals surface area contributed by atoms with Crippen LogP contribution >= 0.6 is 0 Å². The van der Waals surface area contributed by atoms with E-state index >= 15 is 0 Å². The molecule has 0 atom stereocenters. The molecule has 0 amide bonds. The number of fused-ring (bicyclic) bond motifs is 1. The van der Waals surface area contributed by atoms with Crippen LogP contribution in [0.25, 0.3) is 33.8 Å². The van der Waals surface area contributed by atoms with Gasteiger partial charge in [-0.15, -0.1) is 0 Å². The first-order valence-electron chi connectivity index (χ1n) is 6.94. The monoisotopic (exact) mass is 289 g/mol. The molecule has 0 aliphatic carbocycles. The Morgan fingerprint density at radius 1 is 0.909 bits per heavy atom. The second-order valence-electron chi connectivity index (χ2n) is 4.96. The molecule has 22 heavy (non-hydrogen) atoms. The van der Waals surface area contributed by atoms with Gasteiger partial charge in [-0.2, -0.15) is 0 Å². The van der Waals surface area contributed by atoms with Crippen molar-refractivity contribution < 1.29 is 1.43 Å². The fraction of sp³-hybridized carbons (Fsp3) is 0. The number of anilines is 1. The zero-order chi connectivity index (χ0) is 14.9. The molecule has 2 aromatic carbocycles. The third-order valence-electron chi connectivity index (χ3n) is 3.48. The highest BCUT2D eigenvalue weighted by Gasteiger charge is 2.12. The molecule has 0 aliphatic rings. The van der Waals surface area contributed by atoms with E-state index in [1.54, 1.807) is 6.20 Å². The molecule has 0 saturated carbocycles. The van der Waals surface area contributed by atoms with E-state index in [2.05, 4.69) is 19.9 Å². The maximum atomic E-state index is 5.99. The summed E-state index contributed by atoms with van der Waals surface area (Å²) >= 11 is 0. The fourth-order valence-electron chi connectivity index (χ4n) is 2.39. The van der Waals surface area contributed by atoms with Crippen molar-refractivity contribution in [2.45, 2.75) is 0 Å². The molecule has 4 aromatic rings. The van der Waals surface area contributed by atoms with Crippen LogP contribution in [-0.2, 0) is 0 Å². The van der Waals surface area contributed by atoms with Gasteiger partial charge in [0, 0.05) is 6.99 Å². The maximum absolute atomic E-state index is 5.99. The third kappa shape index (κ3) is 2.09. The van der Waals surface area contributed by atoms with Gasteiger partial charge < -0.3 is 10.7 Å². The summed E-state index contributed by atoms with van der Waals surface area (Å²) in [5, 5.41) is 0. The minimum absolute atomic E-state index is 0. The molecular weight excluding hydrogens is 274 g/mol. The summed E-state index contributed by atoms with van der Waals surface area (Å²) in [6, 6.07) is 17.7. The van der Waals surface area contributed by atoms with E-state index in [0.29, 0.717) is 17.3 Å². The van der Waals surface area contributed by atoms with Gasteiger partial charge >= 0.3 is 0 Å². The largest absolute Gasteiger partial charge is 0.382 e. The fourth-order valence-corrected chi connectivity index (χ4v) is 2.39. The van der Waals surface area contributed by atoms with E-state index in [-0.39, 0.29) is 1.43 Å². The number of imidazole rings is 1. The van der Waals surface area contributed by atoms with E-state index in [4.69, 9.17) is 5.73 Å². The minimum atomic E-state index is 0. The molecule has 5 nitrogen and oxygen atoms in total. The SMILES string of the molecule is Nc1ncc(-c2ccccc2)nc1-c1nc2ccccc2[nH]1.[HH]. The molecule has 5 heteroatoms. The summed E-state index contributed by atoms with van der Waals surface area (Å²) in [6.45, 7) is 0. The first kappa shape index (κ1) is 12.5. The zero-order valence-corrected chi connectivity index (χ0v) is 11.7. The molecule has 0 radical (unpaired) electrons. The quantitative estimate of drug-likeness (QED) is 0.591. The Balaban J connectivity index is 0.00000156. The molecule has 4 rings (SSSR count). The topological polar surface area (TPSA) is 80.5 Å². The van der Waals surface area contributed by atoms with Gasteiger partial charge in [0.05, 0.1) is 22.9 Å². The number of nitrogens with zero attached hydrogens (tertiary/aromatic N) is 3. The summed E-state index contributed by atoms with van der Waals surface area (Å²) in [5.41, 5.74) is 10.1. The highest BCUT2D eigenvalue weighted by atomic mass is 15.0. The van der Waals surface area contributed by atoms with Gasteiger partial charge in [0.15, 0.2) is 11.6 Å². The Hall–Kier alpha value is -3.21. The minimum Gasteiger partial charge on any atom is -0.382 e. The zero-order valence-electron chi connectivity index (χ0n) is 11.7. The maximum Gasteiger partial charge on any atom is 0.161 e. The first-order chi connectivity index (χ1) is 10.8. The van der Waals surface area contributed by atoms with E-state index in [0.717, 1.165) is 22.3 Å². The van der Waals surface area contributed by atoms with Crippen molar-refractivity contribution in [3.8, 4) is 22.8 Å². The van der Waals surface area contributed by atoms with Gasteiger partial charge in [-0.25, -0.2) is 15.0 Å². The number of aromatic amines is 1. The lowest BCUT2D eigenvalue weighted by molar-refractivity contribution is 1.18. The molecule has 0 unspecified atom stereocenters. The molecule has 0 saturated heterocycles. The number of nitrogens with two attached hydrogens (primary N) is 1. The first-order valence-corrected chi connectivity index (χ1v) is 6.94. The Labute approximate surface area is 128 Å². The van der Waals surface area contributed by atoms with Crippen LogP contribution in [0.5, 0.6) is 0 Å². The number of aromatic nitrogens is 4. The molecule has 0 bridgehead atoms. The Morgan fingerprint density at radius 2 is 1.68 bits per heavy atom. The summed E-state index contributed by atoms with van der Waals surface area (Å²) in [5.74, 6) is 0.989. The van der Waals surface area contributed by atoms with Crippen LogP contribution in [0.15, 0.2) is 60.8 Å². The third-order valence-corrected chi connectivity index (χ3v) is 3.48. The highest BCUT2D eigenvalue weighted by Crippen LogP contribution is 2.25. The van der Waals surface area contributed by atoms with Crippen molar-refractivity contribution in [1.29, 1.82) is 0 Å². The molecule has 3 N–H and O–H groups in total. The van der Waals surface area contributed by atoms with Crippen LogP contribution < -0.4 is 5.73 Å². The molecule has 108 valence electrons. The Kier molecular flexibility index (Phi) is 2.83. The normalized spacial score (nSPS) is 10.9. The number of hydrogen-bond donors (Lipinski definition) is 2. The van der Waals surface area contributed by atoms with Gasteiger partial charge in [-0.3, -0.25) is 0 Å². The van der Waals surface area contributed by atoms with Crippen LogP contribution in [0, 0.1) is 0 Å². The smallest absolute Gasteiger partial charge is 0.161 e. The molecule has 2 aromatic heterocycles. The van der Waals surface area contributed by atoms with Crippen LogP contribution in [0.1, 0.15) is 1.43 Å². The van der Waals surface area contributed by atoms with E-state index < -0.39 is 0 Å².